The maximum Gasteiger partial charge on any atom is 0.292 e. The standard InChI is InChI=1S/C29H33N9O2/c1-15-33-26(36-35-15)28(39)37-19-6-7-20(37)12-18(11-19)24-23(16-3-4-16)25(30)38-27(34-24)21(14-32-38)17-5-8-22(31-13-17)29(40)9-2-10-29/h5,8,13-14,16,18-20,40H,2-4,6-7,9-12,30H2,1H3,(H,33,35,36). The first-order valence-corrected chi connectivity index (χ1v) is 14.5. The van der Waals surface area contributed by atoms with E-state index < -0.39 is 5.60 Å². The molecular weight excluding hydrogens is 506 g/mol. The van der Waals surface area contributed by atoms with Crippen molar-refractivity contribution in [3.05, 3.63) is 53.1 Å². The molecule has 8 rings (SSSR count). The molecule has 0 radical (unpaired) electrons. The van der Waals surface area contributed by atoms with Crippen molar-refractivity contribution in [1.29, 1.82) is 0 Å². The molecule has 2 bridgehead atoms. The number of hydrogen-bond acceptors (Lipinski definition) is 8. The van der Waals surface area contributed by atoms with Crippen molar-refractivity contribution >= 4 is 17.4 Å². The molecule has 2 aliphatic heterocycles. The summed E-state index contributed by atoms with van der Waals surface area (Å²) in [7, 11) is 0. The predicted octanol–water partition coefficient (Wildman–Crippen LogP) is 3.60. The van der Waals surface area contributed by atoms with Crippen molar-refractivity contribution in [2.75, 3.05) is 5.73 Å². The highest BCUT2D eigenvalue weighted by Crippen LogP contribution is 2.50. The Hall–Kier alpha value is -3.86. The minimum absolute atomic E-state index is 0.0579. The minimum Gasteiger partial charge on any atom is -0.384 e. The molecule has 2 unspecified atom stereocenters. The fourth-order valence-electron chi connectivity index (χ4n) is 7.24. The number of aryl methyl sites for hydroxylation is 1. The zero-order valence-electron chi connectivity index (χ0n) is 22.5. The summed E-state index contributed by atoms with van der Waals surface area (Å²) in [5.41, 5.74) is 11.5. The Labute approximate surface area is 231 Å². The van der Waals surface area contributed by atoms with Gasteiger partial charge in [0.05, 0.1) is 17.6 Å². The number of nitrogens with zero attached hydrogens (tertiary/aromatic N) is 7. The normalized spacial score (nSPS) is 25.4. The maximum absolute atomic E-state index is 13.3. The van der Waals surface area contributed by atoms with E-state index in [2.05, 4.69) is 25.3 Å². The van der Waals surface area contributed by atoms with E-state index in [-0.39, 0.29) is 23.9 Å². The summed E-state index contributed by atoms with van der Waals surface area (Å²) >= 11 is 0. The van der Waals surface area contributed by atoms with Gasteiger partial charge in [-0.2, -0.15) is 9.61 Å². The second-order valence-corrected chi connectivity index (χ2v) is 12.2. The van der Waals surface area contributed by atoms with Crippen LogP contribution in [0.15, 0.2) is 24.5 Å². The van der Waals surface area contributed by atoms with Crippen LogP contribution in [0, 0.1) is 6.92 Å². The van der Waals surface area contributed by atoms with Crippen LogP contribution in [0.25, 0.3) is 16.8 Å². The van der Waals surface area contributed by atoms with Crippen molar-refractivity contribution in [2.45, 2.75) is 94.2 Å². The molecule has 2 atom stereocenters. The second-order valence-electron chi connectivity index (χ2n) is 12.2. The lowest BCUT2D eigenvalue weighted by Crippen LogP contribution is -2.46. The average Bonchev–Trinajstić information content (AvgIpc) is 3.43. The molecule has 4 aliphatic rings. The van der Waals surface area contributed by atoms with E-state index >= 15 is 0 Å². The first kappa shape index (κ1) is 24.0. The Kier molecular flexibility index (Phi) is 5.14. The quantitative estimate of drug-likeness (QED) is 0.348. The van der Waals surface area contributed by atoms with Crippen molar-refractivity contribution in [2.24, 2.45) is 0 Å². The number of aliphatic hydroxyl groups is 1. The molecule has 11 nitrogen and oxygen atoms in total. The van der Waals surface area contributed by atoms with Crippen LogP contribution in [0.4, 0.5) is 5.82 Å². The molecule has 4 fully saturated rings. The number of amides is 1. The number of hydrogen-bond donors (Lipinski definition) is 3. The lowest BCUT2D eigenvalue weighted by Gasteiger charge is -2.39. The van der Waals surface area contributed by atoms with E-state index in [0.29, 0.717) is 23.4 Å². The van der Waals surface area contributed by atoms with Crippen molar-refractivity contribution in [3.63, 3.8) is 0 Å². The number of rotatable bonds is 5. The summed E-state index contributed by atoms with van der Waals surface area (Å²) in [5.74, 6) is 2.22. The lowest BCUT2D eigenvalue weighted by atomic mass is 9.77. The van der Waals surface area contributed by atoms with Gasteiger partial charge in [0.25, 0.3) is 5.91 Å². The third-order valence-electron chi connectivity index (χ3n) is 9.62. The molecule has 11 heteroatoms. The molecule has 2 saturated carbocycles. The van der Waals surface area contributed by atoms with Crippen LogP contribution >= 0.6 is 0 Å². The third-order valence-corrected chi connectivity index (χ3v) is 9.62. The average molecular weight is 540 g/mol. The topological polar surface area (TPSA) is 151 Å². The van der Waals surface area contributed by atoms with Gasteiger partial charge >= 0.3 is 0 Å². The van der Waals surface area contributed by atoms with Crippen molar-refractivity contribution < 1.29 is 9.90 Å². The summed E-state index contributed by atoms with van der Waals surface area (Å²) < 4.78 is 1.78. The zero-order chi connectivity index (χ0) is 27.2. The van der Waals surface area contributed by atoms with E-state index in [1.54, 1.807) is 4.52 Å². The van der Waals surface area contributed by atoms with E-state index in [0.717, 1.165) is 91.5 Å². The van der Waals surface area contributed by atoms with Gasteiger partial charge in [0.1, 0.15) is 17.2 Å². The highest BCUT2D eigenvalue weighted by atomic mass is 16.3. The van der Waals surface area contributed by atoms with Crippen LogP contribution in [0.5, 0.6) is 0 Å². The SMILES string of the molecule is Cc1nnc(C(=O)N2C3CCC2CC(c2nc4c(-c5ccc(C6(O)CCC6)nc5)cnn4c(N)c2C2CC2)C3)[nH]1. The van der Waals surface area contributed by atoms with Crippen molar-refractivity contribution in [1.82, 2.24) is 39.7 Å². The molecule has 40 heavy (non-hydrogen) atoms. The van der Waals surface area contributed by atoms with Crippen LogP contribution in [0.3, 0.4) is 0 Å². The van der Waals surface area contributed by atoms with E-state index in [1.165, 1.54) is 0 Å². The molecule has 0 spiro atoms. The highest BCUT2D eigenvalue weighted by Gasteiger charge is 2.46. The molecule has 206 valence electrons. The Morgan fingerprint density at radius 2 is 1.85 bits per heavy atom. The monoisotopic (exact) mass is 539 g/mol. The molecule has 4 N–H and O–H groups in total. The number of anilines is 1. The molecule has 2 aliphatic carbocycles. The summed E-state index contributed by atoms with van der Waals surface area (Å²) in [6, 6.07) is 4.21. The van der Waals surface area contributed by atoms with E-state index in [9.17, 15) is 9.90 Å². The van der Waals surface area contributed by atoms with Crippen LogP contribution in [0.1, 0.15) is 103 Å². The predicted molar refractivity (Wildman–Crippen MR) is 146 cm³/mol. The number of pyridine rings is 1. The number of nitrogens with one attached hydrogen (secondary N) is 1. The Morgan fingerprint density at radius 1 is 1.07 bits per heavy atom. The molecule has 6 heterocycles. The Morgan fingerprint density at radius 3 is 2.45 bits per heavy atom. The van der Waals surface area contributed by atoms with Crippen molar-refractivity contribution in [3.8, 4) is 11.1 Å². The number of nitrogen functional groups attached to an aromatic ring is 1. The number of H-pyrrole nitrogens is 1. The molecule has 2 saturated heterocycles. The number of aromatic amines is 1. The van der Waals surface area contributed by atoms with Gasteiger partial charge in [0.15, 0.2) is 5.65 Å². The highest BCUT2D eigenvalue weighted by molar-refractivity contribution is 5.91. The third kappa shape index (κ3) is 3.59. The fourth-order valence-corrected chi connectivity index (χ4v) is 7.24. The molecular formula is C29H33N9O2. The maximum atomic E-state index is 13.3. The van der Waals surface area contributed by atoms with E-state index in [4.69, 9.17) is 10.7 Å². The van der Waals surface area contributed by atoms with Gasteiger partial charge in [0, 0.05) is 40.9 Å². The summed E-state index contributed by atoms with van der Waals surface area (Å²) in [4.78, 5) is 28.3. The van der Waals surface area contributed by atoms with Gasteiger partial charge in [-0.1, -0.05) is 6.07 Å². The number of carbonyl (C=O) groups is 1. The lowest BCUT2D eigenvalue weighted by molar-refractivity contribution is -0.0426. The van der Waals surface area contributed by atoms with Gasteiger partial charge in [-0.05, 0) is 76.7 Å². The second kappa shape index (κ2) is 8.57. The molecule has 4 aromatic heterocycles. The fraction of sp³-hybridized carbons (Fsp3) is 0.517. The number of fused-ring (bicyclic) bond motifs is 3. The van der Waals surface area contributed by atoms with Crippen LogP contribution < -0.4 is 5.73 Å². The molecule has 0 aromatic carbocycles. The van der Waals surface area contributed by atoms with Gasteiger partial charge in [-0.3, -0.25) is 9.78 Å². The van der Waals surface area contributed by atoms with Crippen LogP contribution in [-0.2, 0) is 5.60 Å². The number of aromatic nitrogens is 7. The van der Waals surface area contributed by atoms with Gasteiger partial charge in [-0.25, -0.2) is 4.98 Å². The number of piperidine rings is 1. The molecule has 1 amide bonds. The summed E-state index contributed by atoms with van der Waals surface area (Å²) in [6.45, 7) is 1.81. The van der Waals surface area contributed by atoms with Gasteiger partial charge in [-0.15, -0.1) is 10.2 Å². The van der Waals surface area contributed by atoms with Crippen LogP contribution in [-0.4, -0.2) is 62.8 Å². The summed E-state index contributed by atoms with van der Waals surface area (Å²) in [6.07, 6.45) is 12.1. The molecule has 4 aromatic rings. The Balaban J connectivity index is 1.15. The summed E-state index contributed by atoms with van der Waals surface area (Å²) in [5, 5.41) is 23.4. The number of carbonyl (C=O) groups excluding carboxylic acids is 1. The minimum atomic E-state index is -0.795. The number of nitrogens with two attached hydrogens (primary N) is 1. The van der Waals surface area contributed by atoms with Gasteiger partial charge in [0.2, 0.25) is 5.82 Å². The Bertz CT molecular complexity index is 1620. The van der Waals surface area contributed by atoms with E-state index in [1.807, 2.05) is 36.4 Å². The van der Waals surface area contributed by atoms with Gasteiger partial charge < -0.3 is 20.7 Å². The first-order valence-electron chi connectivity index (χ1n) is 14.5. The zero-order valence-corrected chi connectivity index (χ0v) is 22.5. The van der Waals surface area contributed by atoms with Crippen LogP contribution in [0.2, 0.25) is 0 Å². The first-order chi connectivity index (χ1) is 19.4. The smallest absolute Gasteiger partial charge is 0.292 e. The largest absolute Gasteiger partial charge is 0.384 e.